The van der Waals surface area contributed by atoms with Gasteiger partial charge in [-0.25, -0.2) is 4.39 Å². The van der Waals surface area contributed by atoms with Crippen molar-refractivity contribution in [3.63, 3.8) is 0 Å². The van der Waals surface area contributed by atoms with Crippen molar-refractivity contribution in [2.24, 2.45) is 0 Å². The number of para-hydroxylation sites is 1. The van der Waals surface area contributed by atoms with Crippen molar-refractivity contribution in [3.05, 3.63) is 84.2 Å². The van der Waals surface area contributed by atoms with Crippen LogP contribution in [0.25, 0.3) is 0 Å². The largest absolute Gasteiger partial charge is 0.375 e. The zero-order valence-corrected chi connectivity index (χ0v) is 15.7. The normalized spacial score (nSPS) is 10.3. The minimum Gasteiger partial charge on any atom is -0.375 e. The average molecular weight is 393 g/mol. The Kier molecular flexibility index (Phi) is 6.55. The third-order valence-electron chi connectivity index (χ3n) is 3.97. The fraction of sp³-hybridized carbons (Fsp3) is 0.0909. The van der Waals surface area contributed by atoms with Crippen LogP contribution in [0.5, 0.6) is 0 Å². The van der Waals surface area contributed by atoms with E-state index in [9.17, 15) is 14.0 Å². The quantitative estimate of drug-likeness (QED) is 0.556. The van der Waals surface area contributed by atoms with Gasteiger partial charge in [0.15, 0.2) is 0 Å². The molecule has 0 heterocycles. The van der Waals surface area contributed by atoms with Gasteiger partial charge in [-0.05, 0) is 54.6 Å². The highest BCUT2D eigenvalue weighted by atomic mass is 19.1. The minimum atomic E-state index is -0.334. The summed E-state index contributed by atoms with van der Waals surface area (Å²) in [7, 11) is 1.44. The molecule has 3 rings (SSSR count). The molecule has 0 aliphatic heterocycles. The smallest absolute Gasteiger partial charge is 0.257 e. The summed E-state index contributed by atoms with van der Waals surface area (Å²) < 4.78 is 17.9. The monoisotopic (exact) mass is 393 g/mol. The van der Waals surface area contributed by atoms with Gasteiger partial charge in [0.1, 0.15) is 12.4 Å². The molecule has 0 spiro atoms. The van der Waals surface area contributed by atoms with E-state index >= 15 is 0 Å². The predicted molar refractivity (Wildman–Crippen MR) is 111 cm³/mol. The van der Waals surface area contributed by atoms with E-state index in [0.29, 0.717) is 28.3 Å². The Balaban J connectivity index is 1.74. The molecule has 0 atom stereocenters. The fourth-order valence-corrected chi connectivity index (χ4v) is 2.68. The summed E-state index contributed by atoms with van der Waals surface area (Å²) in [4.78, 5) is 24.4. The van der Waals surface area contributed by atoms with Gasteiger partial charge in [0, 0.05) is 24.2 Å². The molecular formula is C22H20FN3O3. The maximum atomic E-state index is 13.1. The molecule has 0 unspecified atom stereocenters. The summed E-state index contributed by atoms with van der Waals surface area (Å²) >= 11 is 0. The van der Waals surface area contributed by atoms with Gasteiger partial charge in [0.25, 0.3) is 5.91 Å². The van der Waals surface area contributed by atoms with E-state index in [0.717, 1.165) is 0 Å². The van der Waals surface area contributed by atoms with Crippen molar-refractivity contribution in [2.45, 2.75) is 0 Å². The Hall–Kier alpha value is -3.71. The molecule has 0 saturated carbocycles. The number of methoxy groups -OCH3 is 1. The van der Waals surface area contributed by atoms with Crippen LogP contribution < -0.4 is 16.0 Å². The number of anilines is 4. The Morgan fingerprint density at radius 3 is 2.28 bits per heavy atom. The predicted octanol–water partition coefficient (Wildman–Crippen LogP) is 4.41. The van der Waals surface area contributed by atoms with Crippen LogP contribution in [0.4, 0.5) is 27.1 Å². The zero-order valence-electron chi connectivity index (χ0n) is 15.7. The Labute approximate surface area is 167 Å². The van der Waals surface area contributed by atoms with Gasteiger partial charge in [-0.1, -0.05) is 18.2 Å². The van der Waals surface area contributed by atoms with Crippen molar-refractivity contribution in [3.8, 4) is 0 Å². The van der Waals surface area contributed by atoms with Crippen LogP contribution in [0, 0.1) is 5.82 Å². The SMILES string of the molecule is COCC(=O)Nc1cccc(NC(=O)c2ccccc2Nc2ccc(F)cc2)c1. The molecule has 0 aliphatic rings. The van der Waals surface area contributed by atoms with Crippen molar-refractivity contribution in [2.75, 3.05) is 29.7 Å². The van der Waals surface area contributed by atoms with E-state index in [1.807, 2.05) is 0 Å². The lowest BCUT2D eigenvalue weighted by atomic mass is 10.1. The van der Waals surface area contributed by atoms with Crippen molar-refractivity contribution < 1.29 is 18.7 Å². The highest BCUT2D eigenvalue weighted by Crippen LogP contribution is 2.23. The summed E-state index contributed by atoms with van der Waals surface area (Å²) in [5.41, 5.74) is 2.74. The number of carbonyl (C=O) groups excluding carboxylic acids is 2. The molecule has 2 amide bonds. The lowest BCUT2D eigenvalue weighted by Crippen LogP contribution is -2.17. The molecule has 29 heavy (non-hydrogen) atoms. The van der Waals surface area contributed by atoms with Gasteiger partial charge in [0.05, 0.1) is 11.3 Å². The molecule has 0 fully saturated rings. The first-order chi connectivity index (χ1) is 14.0. The van der Waals surface area contributed by atoms with Gasteiger partial charge in [-0.15, -0.1) is 0 Å². The number of hydrogen-bond donors (Lipinski definition) is 3. The van der Waals surface area contributed by atoms with Gasteiger partial charge in [-0.3, -0.25) is 9.59 Å². The molecule has 0 aromatic heterocycles. The van der Waals surface area contributed by atoms with E-state index in [-0.39, 0.29) is 24.2 Å². The molecule has 0 bridgehead atoms. The molecule has 6 nitrogen and oxygen atoms in total. The summed E-state index contributed by atoms with van der Waals surface area (Å²) in [6, 6.07) is 19.7. The number of benzene rings is 3. The van der Waals surface area contributed by atoms with Crippen LogP contribution in [0.15, 0.2) is 72.8 Å². The average Bonchev–Trinajstić information content (AvgIpc) is 2.70. The van der Waals surface area contributed by atoms with E-state index in [1.165, 1.54) is 19.2 Å². The third-order valence-corrected chi connectivity index (χ3v) is 3.97. The molecule has 3 aromatic carbocycles. The number of ether oxygens (including phenoxy) is 1. The molecule has 7 heteroatoms. The van der Waals surface area contributed by atoms with Crippen molar-refractivity contribution in [1.82, 2.24) is 0 Å². The molecular weight excluding hydrogens is 373 g/mol. The maximum Gasteiger partial charge on any atom is 0.257 e. The van der Waals surface area contributed by atoms with E-state index < -0.39 is 0 Å². The summed E-state index contributed by atoms with van der Waals surface area (Å²) in [5, 5.41) is 8.62. The number of halogens is 1. The maximum absolute atomic E-state index is 13.1. The lowest BCUT2D eigenvalue weighted by molar-refractivity contribution is -0.119. The van der Waals surface area contributed by atoms with Gasteiger partial charge in [0.2, 0.25) is 5.91 Å². The number of carbonyl (C=O) groups is 2. The molecule has 0 saturated heterocycles. The van der Waals surface area contributed by atoms with Crippen molar-refractivity contribution >= 4 is 34.6 Å². The van der Waals surface area contributed by atoms with E-state index in [1.54, 1.807) is 60.7 Å². The lowest BCUT2D eigenvalue weighted by Gasteiger charge is -2.13. The number of nitrogens with one attached hydrogen (secondary N) is 3. The minimum absolute atomic E-state index is 0.0565. The highest BCUT2D eigenvalue weighted by Gasteiger charge is 2.12. The Morgan fingerprint density at radius 1 is 0.862 bits per heavy atom. The first-order valence-electron chi connectivity index (χ1n) is 8.87. The van der Waals surface area contributed by atoms with Crippen molar-refractivity contribution in [1.29, 1.82) is 0 Å². The van der Waals surface area contributed by atoms with Gasteiger partial charge >= 0.3 is 0 Å². The van der Waals surface area contributed by atoms with E-state index in [4.69, 9.17) is 4.74 Å². The van der Waals surface area contributed by atoms with Crippen LogP contribution in [-0.4, -0.2) is 25.5 Å². The Bertz CT molecular complexity index is 1010. The standard InChI is InChI=1S/C22H20FN3O3/c1-29-14-21(27)25-17-5-4-6-18(13-17)26-22(28)19-7-2-3-8-20(19)24-16-11-9-15(23)10-12-16/h2-13,24H,14H2,1H3,(H,25,27)(H,26,28). The second-order valence-electron chi connectivity index (χ2n) is 6.19. The second-order valence-corrected chi connectivity index (χ2v) is 6.19. The summed E-state index contributed by atoms with van der Waals surface area (Å²) in [6.45, 7) is -0.0565. The molecule has 0 aliphatic carbocycles. The summed E-state index contributed by atoms with van der Waals surface area (Å²) in [5.74, 6) is -0.945. The number of hydrogen-bond acceptors (Lipinski definition) is 4. The zero-order chi connectivity index (χ0) is 20.6. The van der Waals surface area contributed by atoms with Crippen LogP contribution >= 0.6 is 0 Å². The van der Waals surface area contributed by atoms with Crippen LogP contribution in [0.1, 0.15) is 10.4 Å². The third kappa shape index (κ3) is 5.63. The molecule has 0 radical (unpaired) electrons. The van der Waals surface area contributed by atoms with Crippen LogP contribution in [0.2, 0.25) is 0 Å². The molecule has 3 N–H and O–H groups in total. The number of amides is 2. The molecule has 3 aromatic rings. The van der Waals surface area contributed by atoms with Crippen LogP contribution in [-0.2, 0) is 9.53 Å². The highest BCUT2D eigenvalue weighted by molar-refractivity contribution is 6.08. The van der Waals surface area contributed by atoms with Gasteiger partial charge in [-0.2, -0.15) is 0 Å². The fourth-order valence-electron chi connectivity index (χ4n) is 2.68. The second kappa shape index (κ2) is 9.48. The number of rotatable bonds is 7. The van der Waals surface area contributed by atoms with Crippen LogP contribution in [0.3, 0.4) is 0 Å². The molecule has 148 valence electrons. The topological polar surface area (TPSA) is 79.5 Å². The van der Waals surface area contributed by atoms with E-state index in [2.05, 4.69) is 16.0 Å². The Morgan fingerprint density at radius 2 is 1.55 bits per heavy atom. The first kappa shape index (κ1) is 20.0. The van der Waals surface area contributed by atoms with Gasteiger partial charge < -0.3 is 20.7 Å². The first-order valence-corrected chi connectivity index (χ1v) is 8.87. The summed E-state index contributed by atoms with van der Waals surface area (Å²) in [6.07, 6.45) is 0.